The summed E-state index contributed by atoms with van der Waals surface area (Å²) in [5.41, 5.74) is 1.86. The Morgan fingerprint density at radius 1 is 1.17 bits per heavy atom. The van der Waals surface area contributed by atoms with E-state index >= 15 is 0 Å². The molecule has 0 aliphatic carbocycles. The van der Waals surface area contributed by atoms with Crippen molar-refractivity contribution >= 4 is 34.9 Å². The Kier molecular flexibility index (Phi) is 6.25. The highest BCUT2D eigenvalue weighted by Gasteiger charge is 2.09. The lowest BCUT2D eigenvalue weighted by molar-refractivity contribution is -0.121. The van der Waals surface area contributed by atoms with E-state index < -0.39 is 0 Å². The molecule has 0 radical (unpaired) electrons. The number of carbonyl (C=O) groups excluding carboxylic acids is 1. The summed E-state index contributed by atoms with van der Waals surface area (Å²) in [6, 6.07) is 9.27. The molecular weight excluding hydrogens is 333 g/mol. The van der Waals surface area contributed by atoms with Crippen molar-refractivity contribution in [2.45, 2.75) is 19.4 Å². The number of benzene rings is 1. The highest BCUT2D eigenvalue weighted by atomic mass is 35.5. The summed E-state index contributed by atoms with van der Waals surface area (Å²) in [4.78, 5) is 18.3. The second kappa shape index (κ2) is 8.18. The Labute approximate surface area is 146 Å². The summed E-state index contributed by atoms with van der Waals surface area (Å²) in [5.74, 6) is 0.820. The van der Waals surface area contributed by atoms with E-state index in [0.29, 0.717) is 29.4 Å². The number of anilines is 1. The van der Waals surface area contributed by atoms with E-state index in [9.17, 15) is 4.79 Å². The van der Waals surface area contributed by atoms with Crippen LogP contribution in [0.1, 0.15) is 17.5 Å². The van der Waals surface area contributed by atoms with Gasteiger partial charge in [-0.25, -0.2) is 4.98 Å². The van der Waals surface area contributed by atoms with Crippen molar-refractivity contribution in [3.05, 3.63) is 57.7 Å². The van der Waals surface area contributed by atoms with E-state index in [1.807, 2.05) is 43.3 Å². The maximum atomic E-state index is 12.0. The molecule has 1 aromatic heterocycles. The first kappa shape index (κ1) is 17.6. The molecule has 0 aliphatic heterocycles. The van der Waals surface area contributed by atoms with E-state index in [0.717, 1.165) is 16.9 Å². The van der Waals surface area contributed by atoms with Crippen LogP contribution < -0.4 is 10.2 Å². The fourth-order valence-electron chi connectivity index (χ4n) is 2.24. The fourth-order valence-corrected chi connectivity index (χ4v) is 2.66. The Morgan fingerprint density at radius 3 is 2.65 bits per heavy atom. The number of hydrogen-bond acceptors (Lipinski definition) is 3. The van der Waals surface area contributed by atoms with Crippen molar-refractivity contribution in [2.24, 2.45) is 0 Å². The van der Waals surface area contributed by atoms with Crippen LogP contribution in [0.5, 0.6) is 0 Å². The molecule has 1 N–H and O–H groups in total. The van der Waals surface area contributed by atoms with E-state index in [2.05, 4.69) is 10.3 Å². The van der Waals surface area contributed by atoms with E-state index in [-0.39, 0.29) is 5.91 Å². The van der Waals surface area contributed by atoms with Crippen LogP contribution in [0.2, 0.25) is 10.0 Å². The summed E-state index contributed by atoms with van der Waals surface area (Å²) in [5, 5.41) is 3.94. The minimum atomic E-state index is -0.0328. The van der Waals surface area contributed by atoms with Crippen LogP contribution in [0.15, 0.2) is 36.5 Å². The maximum Gasteiger partial charge on any atom is 0.220 e. The monoisotopic (exact) mass is 351 g/mol. The number of nitrogens with one attached hydrogen (secondary N) is 1. The molecule has 2 aromatic rings. The number of rotatable bonds is 6. The summed E-state index contributed by atoms with van der Waals surface area (Å²) >= 11 is 12.1. The van der Waals surface area contributed by atoms with Crippen LogP contribution in [-0.4, -0.2) is 25.0 Å². The van der Waals surface area contributed by atoms with Crippen LogP contribution in [-0.2, 0) is 17.8 Å². The molecule has 2 rings (SSSR count). The topological polar surface area (TPSA) is 45.2 Å². The first-order valence-electron chi connectivity index (χ1n) is 7.30. The molecule has 0 bridgehead atoms. The molecule has 6 heteroatoms. The third kappa shape index (κ3) is 4.85. The van der Waals surface area contributed by atoms with Gasteiger partial charge in [-0.3, -0.25) is 4.79 Å². The lowest BCUT2D eigenvalue weighted by Gasteiger charge is -2.16. The van der Waals surface area contributed by atoms with E-state index in [1.54, 1.807) is 12.3 Å². The molecule has 0 aliphatic rings. The Hall–Kier alpha value is -1.78. The van der Waals surface area contributed by atoms with Gasteiger partial charge in [-0.05, 0) is 24.1 Å². The summed E-state index contributed by atoms with van der Waals surface area (Å²) in [6.07, 6.45) is 2.65. The van der Waals surface area contributed by atoms with Gasteiger partial charge in [0.05, 0.1) is 10.0 Å². The van der Waals surface area contributed by atoms with Gasteiger partial charge < -0.3 is 10.2 Å². The molecule has 0 spiro atoms. The van der Waals surface area contributed by atoms with Crippen molar-refractivity contribution in [1.29, 1.82) is 0 Å². The van der Waals surface area contributed by atoms with Crippen molar-refractivity contribution in [2.75, 3.05) is 19.0 Å². The van der Waals surface area contributed by atoms with Crippen LogP contribution >= 0.6 is 23.2 Å². The van der Waals surface area contributed by atoms with Gasteiger partial charge in [0.15, 0.2) is 0 Å². The molecular formula is C17H19Cl2N3O. The normalized spacial score (nSPS) is 10.4. The molecule has 0 saturated carbocycles. The van der Waals surface area contributed by atoms with E-state index in [4.69, 9.17) is 23.2 Å². The van der Waals surface area contributed by atoms with Gasteiger partial charge in [0.1, 0.15) is 5.82 Å². The number of pyridine rings is 1. The first-order chi connectivity index (χ1) is 11.0. The average molecular weight is 352 g/mol. The minimum Gasteiger partial charge on any atom is -0.362 e. The van der Waals surface area contributed by atoms with Crippen molar-refractivity contribution in [3.8, 4) is 0 Å². The van der Waals surface area contributed by atoms with Crippen LogP contribution in [0.25, 0.3) is 0 Å². The molecule has 0 unspecified atom stereocenters. The number of aromatic nitrogens is 1. The van der Waals surface area contributed by atoms with E-state index in [1.165, 1.54) is 0 Å². The fraction of sp³-hybridized carbons (Fsp3) is 0.294. The van der Waals surface area contributed by atoms with Crippen molar-refractivity contribution in [1.82, 2.24) is 10.3 Å². The molecule has 1 heterocycles. The van der Waals surface area contributed by atoms with Crippen molar-refractivity contribution in [3.63, 3.8) is 0 Å². The van der Waals surface area contributed by atoms with Gasteiger partial charge >= 0.3 is 0 Å². The second-order valence-electron chi connectivity index (χ2n) is 5.37. The predicted octanol–water partition coefficient (Wildman–Crippen LogP) is 3.70. The van der Waals surface area contributed by atoms with Gasteiger partial charge in [-0.1, -0.05) is 41.4 Å². The van der Waals surface area contributed by atoms with Crippen LogP contribution in [0, 0.1) is 0 Å². The summed E-state index contributed by atoms with van der Waals surface area (Å²) in [7, 11) is 3.85. The lowest BCUT2D eigenvalue weighted by Crippen LogP contribution is -2.24. The van der Waals surface area contributed by atoms with Crippen LogP contribution in [0.4, 0.5) is 5.82 Å². The van der Waals surface area contributed by atoms with Gasteiger partial charge in [0.25, 0.3) is 0 Å². The third-order valence-corrected chi connectivity index (χ3v) is 4.28. The molecule has 1 aromatic carbocycles. The smallest absolute Gasteiger partial charge is 0.220 e. The number of amides is 1. The Morgan fingerprint density at radius 2 is 1.91 bits per heavy atom. The highest BCUT2D eigenvalue weighted by molar-refractivity contribution is 6.42. The third-order valence-electron chi connectivity index (χ3n) is 3.42. The zero-order valence-corrected chi connectivity index (χ0v) is 14.7. The molecule has 23 heavy (non-hydrogen) atoms. The zero-order chi connectivity index (χ0) is 16.8. The Bertz CT molecular complexity index is 689. The van der Waals surface area contributed by atoms with Crippen LogP contribution in [0.3, 0.4) is 0 Å². The second-order valence-corrected chi connectivity index (χ2v) is 6.16. The Balaban J connectivity index is 1.90. The molecule has 122 valence electrons. The summed E-state index contributed by atoms with van der Waals surface area (Å²) in [6.45, 7) is 0.448. The number of carbonyl (C=O) groups is 1. The molecule has 1 amide bonds. The van der Waals surface area contributed by atoms with Gasteiger partial charge in [0.2, 0.25) is 5.91 Å². The average Bonchev–Trinajstić information content (AvgIpc) is 2.54. The molecule has 0 saturated heterocycles. The van der Waals surface area contributed by atoms with Gasteiger partial charge in [0, 0.05) is 38.8 Å². The SMILES string of the molecule is CN(C)c1ncccc1CNC(=O)CCc1cccc(Cl)c1Cl. The molecule has 0 atom stereocenters. The first-order valence-corrected chi connectivity index (χ1v) is 8.05. The highest BCUT2D eigenvalue weighted by Crippen LogP contribution is 2.26. The number of nitrogens with zero attached hydrogens (tertiary/aromatic N) is 2. The largest absolute Gasteiger partial charge is 0.362 e. The molecule has 4 nitrogen and oxygen atoms in total. The van der Waals surface area contributed by atoms with Crippen molar-refractivity contribution < 1.29 is 4.79 Å². The summed E-state index contributed by atoms with van der Waals surface area (Å²) < 4.78 is 0. The standard InChI is InChI=1S/C17H19Cl2N3O/c1-22(2)17-13(6-4-10-20-17)11-21-15(23)9-8-12-5-3-7-14(18)16(12)19/h3-7,10H,8-9,11H2,1-2H3,(H,21,23). The number of halogens is 2. The number of hydrogen-bond donors (Lipinski definition) is 1. The van der Waals surface area contributed by atoms with Gasteiger partial charge in [-0.2, -0.15) is 0 Å². The quantitative estimate of drug-likeness (QED) is 0.862. The zero-order valence-electron chi connectivity index (χ0n) is 13.1. The number of aryl methyl sites for hydroxylation is 1. The molecule has 0 fully saturated rings. The minimum absolute atomic E-state index is 0.0328. The van der Waals surface area contributed by atoms with Gasteiger partial charge in [-0.15, -0.1) is 0 Å². The maximum absolute atomic E-state index is 12.0. The lowest BCUT2D eigenvalue weighted by atomic mass is 10.1. The predicted molar refractivity (Wildman–Crippen MR) is 95.2 cm³/mol.